The second-order valence-corrected chi connectivity index (χ2v) is 4.33. The lowest BCUT2D eigenvalue weighted by Crippen LogP contribution is -2.02. The summed E-state index contributed by atoms with van der Waals surface area (Å²) in [5, 5.41) is 4.31. The molecule has 0 aliphatic rings. The molecule has 2 rings (SSSR count). The Balaban J connectivity index is 2.34. The largest absolute Gasteiger partial charge is 0.383 e. The smallest absolute Gasteiger partial charge is 0.131 e. The molecule has 0 bridgehead atoms. The topological polar surface area (TPSA) is 61.7 Å². The minimum absolute atomic E-state index is 0.731. The summed E-state index contributed by atoms with van der Waals surface area (Å²) < 4.78 is 3.79. The van der Waals surface area contributed by atoms with E-state index in [0.717, 1.165) is 42.2 Å². The Morgan fingerprint density at radius 2 is 2.18 bits per heavy atom. The van der Waals surface area contributed by atoms with Crippen molar-refractivity contribution in [3.05, 3.63) is 18.2 Å². The summed E-state index contributed by atoms with van der Waals surface area (Å²) in [4.78, 5) is 4.40. The van der Waals surface area contributed by atoms with Crippen molar-refractivity contribution in [2.45, 2.75) is 33.2 Å². The second-order valence-electron chi connectivity index (χ2n) is 4.33. The fourth-order valence-electron chi connectivity index (χ4n) is 1.94. The van der Waals surface area contributed by atoms with Crippen LogP contribution in [0.2, 0.25) is 0 Å². The van der Waals surface area contributed by atoms with Gasteiger partial charge in [-0.25, -0.2) is 4.98 Å². The standard InChI is InChI=1S/C12H19N5/c1-4-5-6-17-8-14-11(12(17)13)10-7-16(3)15-9(10)2/h7-8H,4-6,13H2,1-3H3. The van der Waals surface area contributed by atoms with Crippen molar-refractivity contribution in [2.24, 2.45) is 7.05 Å². The van der Waals surface area contributed by atoms with E-state index < -0.39 is 0 Å². The molecule has 2 heterocycles. The molecule has 0 amide bonds. The van der Waals surface area contributed by atoms with Crippen molar-refractivity contribution in [2.75, 3.05) is 5.73 Å². The van der Waals surface area contributed by atoms with E-state index in [-0.39, 0.29) is 0 Å². The van der Waals surface area contributed by atoms with Crippen molar-refractivity contribution in [1.29, 1.82) is 0 Å². The Bertz CT molecular complexity index is 509. The maximum Gasteiger partial charge on any atom is 0.131 e. The summed E-state index contributed by atoms with van der Waals surface area (Å²) in [6.45, 7) is 5.06. The molecule has 5 heteroatoms. The third kappa shape index (κ3) is 2.18. The first-order chi connectivity index (χ1) is 8.13. The Kier molecular flexibility index (Phi) is 3.17. The molecule has 0 aliphatic carbocycles. The number of nitrogens with zero attached hydrogens (tertiary/aromatic N) is 4. The molecule has 0 atom stereocenters. The molecule has 17 heavy (non-hydrogen) atoms. The number of nitrogen functional groups attached to an aromatic ring is 1. The molecule has 92 valence electrons. The Morgan fingerprint density at radius 3 is 2.76 bits per heavy atom. The number of rotatable bonds is 4. The van der Waals surface area contributed by atoms with Crippen molar-refractivity contribution in [3.63, 3.8) is 0 Å². The van der Waals surface area contributed by atoms with E-state index in [1.54, 1.807) is 4.68 Å². The van der Waals surface area contributed by atoms with E-state index in [0.29, 0.717) is 0 Å². The number of imidazole rings is 1. The molecule has 0 fully saturated rings. The third-order valence-corrected chi connectivity index (χ3v) is 2.90. The number of hydrogen-bond donors (Lipinski definition) is 1. The van der Waals surface area contributed by atoms with Crippen molar-refractivity contribution >= 4 is 5.82 Å². The number of anilines is 1. The highest BCUT2D eigenvalue weighted by molar-refractivity contribution is 5.71. The van der Waals surface area contributed by atoms with Gasteiger partial charge in [-0.1, -0.05) is 13.3 Å². The van der Waals surface area contributed by atoms with Crippen LogP contribution in [0.25, 0.3) is 11.3 Å². The van der Waals surface area contributed by atoms with Gasteiger partial charge in [0.25, 0.3) is 0 Å². The summed E-state index contributed by atoms with van der Waals surface area (Å²) in [5.74, 6) is 0.731. The highest BCUT2D eigenvalue weighted by Crippen LogP contribution is 2.26. The van der Waals surface area contributed by atoms with Gasteiger partial charge in [-0.15, -0.1) is 0 Å². The van der Waals surface area contributed by atoms with E-state index >= 15 is 0 Å². The molecule has 5 nitrogen and oxygen atoms in total. The van der Waals surface area contributed by atoms with Gasteiger partial charge in [-0.05, 0) is 13.3 Å². The van der Waals surface area contributed by atoms with Gasteiger partial charge in [-0.3, -0.25) is 4.68 Å². The SMILES string of the molecule is CCCCn1cnc(-c2cn(C)nc2C)c1N. The van der Waals surface area contributed by atoms with Gasteiger partial charge in [0.05, 0.1) is 12.0 Å². The van der Waals surface area contributed by atoms with Crippen LogP contribution < -0.4 is 5.73 Å². The average molecular weight is 233 g/mol. The number of nitrogens with two attached hydrogens (primary N) is 1. The van der Waals surface area contributed by atoms with E-state index in [2.05, 4.69) is 17.0 Å². The fraction of sp³-hybridized carbons (Fsp3) is 0.500. The van der Waals surface area contributed by atoms with Gasteiger partial charge in [0.1, 0.15) is 11.5 Å². The molecule has 0 aliphatic heterocycles. The highest BCUT2D eigenvalue weighted by atomic mass is 15.3. The van der Waals surface area contributed by atoms with Gasteiger partial charge in [0.2, 0.25) is 0 Å². The first kappa shape index (κ1) is 11.7. The number of hydrogen-bond acceptors (Lipinski definition) is 3. The van der Waals surface area contributed by atoms with Crippen LogP contribution in [-0.4, -0.2) is 19.3 Å². The molecule has 0 radical (unpaired) electrons. The lowest BCUT2D eigenvalue weighted by atomic mass is 10.2. The van der Waals surface area contributed by atoms with Gasteiger partial charge in [0.15, 0.2) is 0 Å². The van der Waals surface area contributed by atoms with Crippen LogP contribution in [0.15, 0.2) is 12.5 Å². The van der Waals surface area contributed by atoms with Crippen LogP contribution in [0, 0.1) is 6.92 Å². The number of aromatic nitrogens is 4. The predicted octanol–water partition coefficient (Wildman–Crippen LogP) is 1.97. The first-order valence-corrected chi connectivity index (χ1v) is 5.94. The molecule has 2 N–H and O–H groups in total. The van der Waals surface area contributed by atoms with E-state index in [9.17, 15) is 0 Å². The maximum absolute atomic E-state index is 6.12. The lowest BCUT2D eigenvalue weighted by Gasteiger charge is -2.03. The average Bonchev–Trinajstić information content (AvgIpc) is 2.79. The highest BCUT2D eigenvalue weighted by Gasteiger charge is 2.14. The maximum atomic E-state index is 6.12. The van der Waals surface area contributed by atoms with Gasteiger partial charge in [0, 0.05) is 25.4 Å². The summed E-state index contributed by atoms with van der Waals surface area (Å²) in [6, 6.07) is 0. The number of aryl methyl sites for hydroxylation is 3. The van der Waals surface area contributed by atoms with E-state index in [4.69, 9.17) is 5.73 Å². The zero-order valence-corrected chi connectivity index (χ0v) is 10.6. The monoisotopic (exact) mass is 233 g/mol. The van der Waals surface area contributed by atoms with Crippen LogP contribution in [0.4, 0.5) is 5.82 Å². The van der Waals surface area contributed by atoms with Crippen LogP contribution in [0.5, 0.6) is 0 Å². The summed E-state index contributed by atoms with van der Waals surface area (Å²) >= 11 is 0. The zero-order valence-electron chi connectivity index (χ0n) is 10.6. The fourth-order valence-corrected chi connectivity index (χ4v) is 1.94. The predicted molar refractivity (Wildman–Crippen MR) is 68.5 cm³/mol. The second kappa shape index (κ2) is 4.61. The zero-order chi connectivity index (χ0) is 12.4. The quantitative estimate of drug-likeness (QED) is 0.878. The van der Waals surface area contributed by atoms with Crippen LogP contribution in [0.3, 0.4) is 0 Å². The number of unbranched alkanes of at least 4 members (excludes halogenated alkanes) is 1. The minimum Gasteiger partial charge on any atom is -0.383 e. The Labute approximate surface area is 101 Å². The Hall–Kier alpha value is -1.78. The summed E-state index contributed by atoms with van der Waals surface area (Å²) in [5.41, 5.74) is 8.93. The molecule has 0 spiro atoms. The molecule has 0 aromatic carbocycles. The van der Waals surface area contributed by atoms with Crippen molar-refractivity contribution in [3.8, 4) is 11.3 Å². The van der Waals surface area contributed by atoms with Crippen molar-refractivity contribution in [1.82, 2.24) is 19.3 Å². The van der Waals surface area contributed by atoms with Crippen LogP contribution >= 0.6 is 0 Å². The van der Waals surface area contributed by atoms with Crippen LogP contribution in [-0.2, 0) is 13.6 Å². The summed E-state index contributed by atoms with van der Waals surface area (Å²) in [7, 11) is 1.90. The van der Waals surface area contributed by atoms with Gasteiger partial charge >= 0.3 is 0 Å². The molecular formula is C12H19N5. The molecule has 0 saturated heterocycles. The minimum atomic E-state index is 0.731. The molecule has 0 saturated carbocycles. The van der Waals surface area contributed by atoms with Crippen LogP contribution in [0.1, 0.15) is 25.5 Å². The lowest BCUT2D eigenvalue weighted by molar-refractivity contribution is 0.637. The summed E-state index contributed by atoms with van der Waals surface area (Å²) in [6.07, 6.45) is 6.04. The molecule has 2 aromatic rings. The van der Waals surface area contributed by atoms with Gasteiger partial charge in [-0.2, -0.15) is 5.10 Å². The van der Waals surface area contributed by atoms with E-state index in [1.807, 2.05) is 31.1 Å². The molecule has 0 unspecified atom stereocenters. The molecule has 2 aromatic heterocycles. The van der Waals surface area contributed by atoms with Gasteiger partial charge < -0.3 is 10.3 Å². The normalized spacial score (nSPS) is 11.0. The van der Waals surface area contributed by atoms with E-state index in [1.165, 1.54) is 0 Å². The Morgan fingerprint density at radius 1 is 1.41 bits per heavy atom. The third-order valence-electron chi connectivity index (χ3n) is 2.90. The molecular weight excluding hydrogens is 214 g/mol. The first-order valence-electron chi connectivity index (χ1n) is 5.94. The van der Waals surface area contributed by atoms with Crippen molar-refractivity contribution < 1.29 is 0 Å².